The Morgan fingerprint density at radius 1 is 1.02 bits per heavy atom. The van der Waals surface area contributed by atoms with E-state index in [-0.39, 0.29) is 23.8 Å². The molecule has 1 aromatic heterocycles. The van der Waals surface area contributed by atoms with Crippen LogP contribution in [0, 0.1) is 13.8 Å². The Kier molecular flexibility index (Phi) is 8.69. The first-order chi connectivity index (χ1) is 19.9. The summed E-state index contributed by atoms with van der Waals surface area (Å²) in [6, 6.07) is 15.0. The van der Waals surface area contributed by atoms with Crippen molar-refractivity contribution in [1.29, 1.82) is 0 Å². The van der Waals surface area contributed by atoms with Crippen molar-refractivity contribution in [3.63, 3.8) is 0 Å². The molecule has 0 spiro atoms. The highest BCUT2D eigenvalue weighted by Gasteiger charge is 2.27. The number of carbonyl (C=O) groups is 3. The number of carbonyl (C=O) groups excluding carboxylic acids is 3. The molecule has 3 amide bonds. The molecular formula is C33H39N5O3. The van der Waals surface area contributed by atoms with Gasteiger partial charge in [-0.25, -0.2) is 0 Å². The molecule has 0 radical (unpaired) electrons. The minimum atomic E-state index is -0.243. The predicted molar refractivity (Wildman–Crippen MR) is 163 cm³/mol. The van der Waals surface area contributed by atoms with Crippen LogP contribution < -0.4 is 16.0 Å². The first kappa shape index (κ1) is 28.4. The molecule has 41 heavy (non-hydrogen) atoms. The summed E-state index contributed by atoms with van der Waals surface area (Å²) >= 11 is 0. The largest absolute Gasteiger partial charge is 0.358 e. The zero-order valence-electron chi connectivity index (χ0n) is 24.1. The first-order valence-corrected chi connectivity index (χ1v) is 14.6. The standard InChI is InChI=1S/C33H39N5O3/c1-4-27(23-11-7-5-8-12-23)36-31(39)24-13-14-28-25(19-24)26(32(40)37-28)20-29-21(2)30(22(3)35-29)33(41)34-15-18-38-16-9-6-10-17-38/h5,7-8,11-14,19-20,27,35H,4,6,9-10,15-18H2,1-3H3,(H,34,41)(H,36,39)(H,37,40). The summed E-state index contributed by atoms with van der Waals surface area (Å²) in [5.74, 6) is -0.554. The van der Waals surface area contributed by atoms with Gasteiger partial charge in [-0.2, -0.15) is 0 Å². The van der Waals surface area contributed by atoms with Crippen LogP contribution in [-0.4, -0.2) is 53.8 Å². The summed E-state index contributed by atoms with van der Waals surface area (Å²) in [4.78, 5) is 45.0. The van der Waals surface area contributed by atoms with Crippen molar-refractivity contribution < 1.29 is 14.4 Å². The lowest BCUT2D eigenvalue weighted by Crippen LogP contribution is -2.37. The van der Waals surface area contributed by atoms with E-state index in [1.54, 1.807) is 24.3 Å². The van der Waals surface area contributed by atoms with Crippen LogP contribution in [0.2, 0.25) is 0 Å². The fourth-order valence-electron chi connectivity index (χ4n) is 5.82. The maximum absolute atomic E-state index is 13.2. The zero-order valence-corrected chi connectivity index (χ0v) is 24.1. The summed E-state index contributed by atoms with van der Waals surface area (Å²) < 4.78 is 0. The molecule has 0 aliphatic carbocycles. The van der Waals surface area contributed by atoms with Gasteiger partial charge in [0.1, 0.15) is 0 Å². The van der Waals surface area contributed by atoms with Crippen LogP contribution in [0.4, 0.5) is 5.69 Å². The Morgan fingerprint density at radius 3 is 2.51 bits per heavy atom. The Labute approximate surface area is 241 Å². The van der Waals surface area contributed by atoms with E-state index in [2.05, 4.69) is 25.8 Å². The number of piperidine rings is 1. The lowest BCUT2D eigenvalue weighted by molar-refractivity contribution is -0.110. The number of benzene rings is 2. The number of likely N-dealkylation sites (tertiary alicyclic amines) is 1. The number of amides is 3. The molecule has 3 heterocycles. The molecule has 3 aromatic rings. The number of aryl methyl sites for hydroxylation is 1. The minimum absolute atomic E-state index is 0.110. The molecule has 214 valence electrons. The molecule has 4 N–H and O–H groups in total. The fraction of sp³-hybridized carbons (Fsp3) is 0.364. The van der Waals surface area contributed by atoms with Crippen LogP contribution in [0.3, 0.4) is 0 Å². The summed E-state index contributed by atoms with van der Waals surface area (Å²) in [7, 11) is 0. The molecule has 1 fully saturated rings. The van der Waals surface area contributed by atoms with Crippen molar-refractivity contribution in [2.45, 2.75) is 52.5 Å². The molecule has 8 nitrogen and oxygen atoms in total. The van der Waals surface area contributed by atoms with E-state index < -0.39 is 0 Å². The highest BCUT2D eigenvalue weighted by Crippen LogP contribution is 2.35. The first-order valence-electron chi connectivity index (χ1n) is 14.6. The van der Waals surface area contributed by atoms with Gasteiger partial charge in [0.15, 0.2) is 0 Å². The van der Waals surface area contributed by atoms with Crippen LogP contribution in [0.5, 0.6) is 0 Å². The van der Waals surface area contributed by atoms with Crippen molar-refractivity contribution >= 4 is 35.1 Å². The lowest BCUT2D eigenvalue weighted by atomic mass is 10.0. The predicted octanol–water partition coefficient (Wildman–Crippen LogP) is 5.22. The monoisotopic (exact) mass is 553 g/mol. The van der Waals surface area contributed by atoms with Crippen LogP contribution >= 0.6 is 0 Å². The summed E-state index contributed by atoms with van der Waals surface area (Å²) in [5.41, 5.74) is 6.14. The summed E-state index contributed by atoms with van der Waals surface area (Å²) in [5, 5.41) is 9.08. The quantitative estimate of drug-likeness (QED) is 0.273. The SMILES string of the molecule is CCC(NC(=O)c1ccc2c(c1)C(=Cc1[nH]c(C)c(C(=O)NCCN3CCCCC3)c1C)C(=O)N2)c1ccccc1. The number of H-pyrrole nitrogens is 1. The van der Waals surface area contributed by atoms with E-state index in [9.17, 15) is 14.4 Å². The highest BCUT2D eigenvalue weighted by atomic mass is 16.2. The number of hydrogen-bond acceptors (Lipinski definition) is 4. The van der Waals surface area contributed by atoms with Crippen molar-refractivity contribution in [1.82, 2.24) is 20.5 Å². The molecular weight excluding hydrogens is 514 g/mol. The van der Waals surface area contributed by atoms with E-state index >= 15 is 0 Å². The van der Waals surface area contributed by atoms with Crippen molar-refractivity contribution in [2.24, 2.45) is 0 Å². The zero-order chi connectivity index (χ0) is 28.9. The number of nitrogens with zero attached hydrogens (tertiary/aromatic N) is 1. The normalized spacial score (nSPS) is 16.8. The van der Waals surface area contributed by atoms with Crippen LogP contribution in [0.15, 0.2) is 48.5 Å². The second-order valence-corrected chi connectivity index (χ2v) is 10.9. The average molecular weight is 554 g/mol. The van der Waals surface area contributed by atoms with Crippen LogP contribution in [-0.2, 0) is 4.79 Å². The topological polar surface area (TPSA) is 106 Å². The van der Waals surface area contributed by atoms with Gasteiger partial charge >= 0.3 is 0 Å². The molecule has 1 unspecified atom stereocenters. The highest BCUT2D eigenvalue weighted by molar-refractivity contribution is 6.35. The second kappa shape index (κ2) is 12.6. The maximum Gasteiger partial charge on any atom is 0.256 e. The number of fused-ring (bicyclic) bond motifs is 1. The second-order valence-electron chi connectivity index (χ2n) is 10.9. The van der Waals surface area contributed by atoms with E-state index in [0.29, 0.717) is 40.2 Å². The van der Waals surface area contributed by atoms with Gasteiger partial charge in [-0.3, -0.25) is 14.4 Å². The van der Waals surface area contributed by atoms with Crippen molar-refractivity contribution in [2.75, 3.05) is 31.5 Å². The van der Waals surface area contributed by atoms with E-state index in [4.69, 9.17) is 0 Å². The van der Waals surface area contributed by atoms with Crippen molar-refractivity contribution in [3.8, 4) is 0 Å². The molecule has 0 saturated carbocycles. The molecule has 1 saturated heterocycles. The van der Waals surface area contributed by atoms with Gasteiger partial charge in [-0.05, 0) is 81.6 Å². The Hall–Kier alpha value is -4.17. The number of rotatable bonds is 9. The third kappa shape index (κ3) is 6.28. The number of hydrogen-bond donors (Lipinski definition) is 4. The smallest absolute Gasteiger partial charge is 0.256 e. The van der Waals surface area contributed by atoms with Gasteiger partial charge < -0.3 is 25.8 Å². The number of aromatic amines is 1. The molecule has 5 rings (SSSR count). The van der Waals surface area contributed by atoms with Gasteiger partial charge in [0.2, 0.25) is 0 Å². The molecule has 1 atom stereocenters. The third-order valence-electron chi connectivity index (χ3n) is 8.13. The van der Waals surface area contributed by atoms with Gasteiger partial charge in [0, 0.05) is 41.3 Å². The minimum Gasteiger partial charge on any atom is -0.358 e. The van der Waals surface area contributed by atoms with Gasteiger partial charge in [-0.1, -0.05) is 43.7 Å². The summed E-state index contributed by atoms with van der Waals surface area (Å²) in [6.07, 6.45) is 6.25. The lowest BCUT2D eigenvalue weighted by Gasteiger charge is -2.26. The molecule has 8 heteroatoms. The fourth-order valence-corrected chi connectivity index (χ4v) is 5.82. The number of nitrogens with one attached hydrogen (secondary N) is 4. The maximum atomic E-state index is 13.2. The number of anilines is 1. The Morgan fingerprint density at radius 2 is 1.78 bits per heavy atom. The van der Waals surface area contributed by atoms with Gasteiger partial charge in [0.05, 0.1) is 17.2 Å². The third-order valence-corrected chi connectivity index (χ3v) is 8.13. The van der Waals surface area contributed by atoms with Crippen LogP contribution in [0.25, 0.3) is 11.6 Å². The Bertz CT molecular complexity index is 1470. The van der Waals surface area contributed by atoms with Crippen molar-refractivity contribution in [3.05, 3.63) is 87.7 Å². The van der Waals surface area contributed by atoms with Gasteiger partial charge in [0.25, 0.3) is 17.7 Å². The Balaban J connectivity index is 1.33. The van der Waals surface area contributed by atoms with E-state index in [1.165, 1.54) is 19.3 Å². The van der Waals surface area contributed by atoms with Gasteiger partial charge in [-0.15, -0.1) is 0 Å². The number of aromatic nitrogens is 1. The average Bonchev–Trinajstić information content (AvgIpc) is 3.45. The van der Waals surface area contributed by atoms with E-state index in [1.807, 2.05) is 51.1 Å². The van der Waals surface area contributed by atoms with Crippen LogP contribution in [0.1, 0.15) is 87.4 Å². The molecule has 0 bridgehead atoms. The molecule has 2 aliphatic rings. The van der Waals surface area contributed by atoms with E-state index in [0.717, 1.165) is 42.9 Å². The molecule has 2 aromatic carbocycles. The summed E-state index contributed by atoms with van der Waals surface area (Å²) in [6.45, 7) is 9.43. The molecule has 2 aliphatic heterocycles.